The number of benzene rings is 3. The molecule has 0 radical (unpaired) electrons. The zero-order valence-electron chi connectivity index (χ0n) is 21.5. The third kappa shape index (κ3) is 5.80. The van der Waals surface area contributed by atoms with Gasteiger partial charge < -0.3 is 15.1 Å². The van der Waals surface area contributed by atoms with Crippen LogP contribution in [0.4, 0.5) is 0 Å². The van der Waals surface area contributed by atoms with Gasteiger partial charge in [-0.1, -0.05) is 55.8 Å². The highest BCUT2D eigenvalue weighted by Crippen LogP contribution is 2.35. The molecule has 4 rings (SSSR count). The molecular formula is C31H30ClN3O3. The maximum absolute atomic E-state index is 13.9. The van der Waals surface area contributed by atoms with E-state index in [4.69, 9.17) is 21.8 Å². The molecule has 3 aromatic carbocycles. The van der Waals surface area contributed by atoms with E-state index in [1.165, 1.54) is 0 Å². The molecule has 1 heterocycles. The Balaban J connectivity index is 1.92. The maximum atomic E-state index is 13.9. The number of amides is 1. The van der Waals surface area contributed by atoms with Crippen LogP contribution in [0.5, 0.6) is 0 Å². The van der Waals surface area contributed by atoms with Gasteiger partial charge in [-0.15, -0.1) is 0 Å². The zero-order chi connectivity index (χ0) is 27.2. The van der Waals surface area contributed by atoms with Gasteiger partial charge in [0.05, 0.1) is 23.1 Å². The number of carbonyl (C=O) groups is 1. The Morgan fingerprint density at radius 3 is 2.42 bits per heavy atom. The molecule has 4 aromatic rings. The van der Waals surface area contributed by atoms with Crippen LogP contribution < -0.4 is 11.2 Å². The molecule has 1 atom stereocenters. The summed E-state index contributed by atoms with van der Waals surface area (Å²) >= 11 is 6.26. The van der Waals surface area contributed by atoms with Crippen molar-refractivity contribution in [2.75, 3.05) is 13.1 Å². The molecule has 1 amide bonds. The average molecular weight is 528 g/mol. The predicted molar refractivity (Wildman–Crippen MR) is 150 cm³/mol. The Hall–Kier alpha value is -3.92. The van der Waals surface area contributed by atoms with E-state index in [1.807, 2.05) is 44.2 Å². The molecule has 0 spiro atoms. The molecule has 6 nitrogen and oxygen atoms in total. The quantitative estimate of drug-likeness (QED) is 0.283. The molecule has 0 saturated carbocycles. The molecule has 2 N–H and O–H groups in total. The summed E-state index contributed by atoms with van der Waals surface area (Å²) in [7, 11) is 0. The SMILES string of the molecule is CC(C)C(c1oc2cc(Cl)ccc2c(=O)c1Cc1ccccc1)N(CCCN)C(=O)c1ccc(C#N)cc1. The third-order valence-electron chi connectivity index (χ3n) is 6.56. The van der Waals surface area contributed by atoms with Gasteiger partial charge in [0.15, 0.2) is 5.43 Å². The van der Waals surface area contributed by atoms with Crippen molar-refractivity contribution in [1.29, 1.82) is 5.26 Å². The van der Waals surface area contributed by atoms with Crippen LogP contribution in [0, 0.1) is 17.2 Å². The molecule has 194 valence electrons. The first-order valence-electron chi connectivity index (χ1n) is 12.6. The van der Waals surface area contributed by atoms with E-state index < -0.39 is 6.04 Å². The lowest BCUT2D eigenvalue weighted by molar-refractivity contribution is 0.0587. The van der Waals surface area contributed by atoms with Gasteiger partial charge in [-0.3, -0.25) is 9.59 Å². The van der Waals surface area contributed by atoms with E-state index in [0.29, 0.717) is 64.4 Å². The lowest BCUT2D eigenvalue weighted by Gasteiger charge is -2.35. The number of hydrogen-bond acceptors (Lipinski definition) is 5. The molecule has 0 aliphatic rings. The van der Waals surface area contributed by atoms with Crippen molar-refractivity contribution in [2.24, 2.45) is 11.7 Å². The minimum atomic E-state index is -0.542. The highest BCUT2D eigenvalue weighted by atomic mass is 35.5. The summed E-state index contributed by atoms with van der Waals surface area (Å²) in [5.74, 6) is 0.133. The van der Waals surface area contributed by atoms with Crippen LogP contribution in [0.25, 0.3) is 11.0 Å². The van der Waals surface area contributed by atoms with Crippen LogP contribution in [0.2, 0.25) is 5.02 Å². The fourth-order valence-corrected chi connectivity index (χ4v) is 4.88. The predicted octanol–water partition coefficient (Wildman–Crippen LogP) is 6.10. The molecule has 0 fully saturated rings. The van der Waals surface area contributed by atoms with Gasteiger partial charge in [0.25, 0.3) is 5.91 Å². The van der Waals surface area contributed by atoms with Crippen molar-refractivity contribution >= 4 is 28.5 Å². The van der Waals surface area contributed by atoms with Crippen LogP contribution in [-0.4, -0.2) is 23.9 Å². The van der Waals surface area contributed by atoms with E-state index >= 15 is 0 Å². The minimum Gasteiger partial charge on any atom is -0.458 e. The molecule has 0 aliphatic carbocycles. The lowest BCUT2D eigenvalue weighted by atomic mass is 9.91. The first-order valence-corrected chi connectivity index (χ1v) is 13.0. The van der Waals surface area contributed by atoms with Crippen LogP contribution in [0.3, 0.4) is 0 Å². The fourth-order valence-electron chi connectivity index (χ4n) is 4.71. The van der Waals surface area contributed by atoms with Crippen LogP contribution in [0.1, 0.15) is 59.1 Å². The van der Waals surface area contributed by atoms with Crippen molar-refractivity contribution in [3.05, 3.63) is 116 Å². The molecule has 0 bridgehead atoms. The number of nitrogens with zero attached hydrogens (tertiary/aromatic N) is 2. The van der Waals surface area contributed by atoms with E-state index in [-0.39, 0.29) is 17.3 Å². The number of nitrogens with two attached hydrogens (primary N) is 1. The largest absolute Gasteiger partial charge is 0.458 e. The summed E-state index contributed by atoms with van der Waals surface area (Å²) in [5, 5.41) is 10.1. The molecule has 38 heavy (non-hydrogen) atoms. The summed E-state index contributed by atoms with van der Waals surface area (Å²) in [6.45, 7) is 4.78. The van der Waals surface area contributed by atoms with E-state index in [1.54, 1.807) is 47.4 Å². The normalized spacial score (nSPS) is 11.9. The van der Waals surface area contributed by atoms with Crippen LogP contribution in [0.15, 0.2) is 82.0 Å². The second kappa shape index (κ2) is 12.1. The lowest BCUT2D eigenvalue weighted by Crippen LogP contribution is -2.40. The van der Waals surface area contributed by atoms with E-state index in [0.717, 1.165) is 5.56 Å². The Morgan fingerprint density at radius 2 is 1.79 bits per heavy atom. The number of nitriles is 1. The zero-order valence-corrected chi connectivity index (χ0v) is 22.2. The topological polar surface area (TPSA) is 100 Å². The van der Waals surface area contributed by atoms with Gasteiger partial charge in [0.1, 0.15) is 11.3 Å². The molecule has 0 saturated heterocycles. The number of rotatable bonds is 9. The van der Waals surface area contributed by atoms with Crippen molar-refractivity contribution in [3.63, 3.8) is 0 Å². The van der Waals surface area contributed by atoms with Gasteiger partial charge in [-0.05, 0) is 60.8 Å². The smallest absolute Gasteiger partial charge is 0.254 e. The molecule has 7 heteroatoms. The van der Waals surface area contributed by atoms with Crippen LogP contribution >= 0.6 is 11.6 Å². The highest BCUT2D eigenvalue weighted by molar-refractivity contribution is 6.31. The van der Waals surface area contributed by atoms with Crippen LogP contribution in [-0.2, 0) is 6.42 Å². The first kappa shape index (κ1) is 27.1. The van der Waals surface area contributed by atoms with Gasteiger partial charge in [-0.2, -0.15) is 5.26 Å². The average Bonchev–Trinajstić information content (AvgIpc) is 2.92. The summed E-state index contributed by atoms with van der Waals surface area (Å²) in [5.41, 5.74) is 8.48. The van der Waals surface area contributed by atoms with Crippen molar-refractivity contribution < 1.29 is 9.21 Å². The Kier molecular flexibility index (Phi) is 8.62. The van der Waals surface area contributed by atoms with Crippen molar-refractivity contribution in [2.45, 2.75) is 32.7 Å². The molecule has 1 unspecified atom stereocenters. The Labute approximate surface area is 227 Å². The van der Waals surface area contributed by atoms with Gasteiger partial charge in [0, 0.05) is 35.2 Å². The van der Waals surface area contributed by atoms with Gasteiger partial charge in [0.2, 0.25) is 0 Å². The van der Waals surface area contributed by atoms with Crippen molar-refractivity contribution in [1.82, 2.24) is 4.90 Å². The highest BCUT2D eigenvalue weighted by Gasteiger charge is 2.33. The number of fused-ring (bicyclic) bond motifs is 1. The number of hydrogen-bond donors (Lipinski definition) is 1. The van der Waals surface area contributed by atoms with E-state index in [2.05, 4.69) is 6.07 Å². The monoisotopic (exact) mass is 527 g/mol. The second-order valence-corrected chi connectivity index (χ2v) is 10.0. The van der Waals surface area contributed by atoms with Gasteiger partial charge in [-0.25, -0.2) is 0 Å². The molecular weight excluding hydrogens is 498 g/mol. The summed E-state index contributed by atoms with van der Waals surface area (Å²) in [6, 6.07) is 22.8. The van der Waals surface area contributed by atoms with Gasteiger partial charge >= 0.3 is 0 Å². The Morgan fingerprint density at radius 1 is 1.08 bits per heavy atom. The number of halogens is 1. The minimum absolute atomic E-state index is 0.0931. The summed E-state index contributed by atoms with van der Waals surface area (Å²) in [6.07, 6.45) is 0.930. The molecule has 0 aliphatic heterocycles. The molecule has 1 aromatic heterocycles. The Bertz CT molecular complexity index is 1520. The summed E-state index contributed by atoms with van der Waals surface area (Å²) < 4.78 is 6.48. The maximum Gasteiger partial charge on any atom is 0.254 e. The standard InChI is InChI=1S/C31H30ClN3O3/c1-20(2)28(35(16-6-15-33)31(37)23-11-9-22(19-34)10-12-23)30-26(17-21-7-4-3-5-8-21)29(36)25-14-13-24(32)18-27(25)38-30/h3-5,7-14,18,20,28H,6,15-17,33H2,1-2H3. The number of carbonyl (C=O) groups excluding carboxylic acids is 1. The second-order valence-electron chi connectivity index (χ2n) is 9.60. The van der Waals surface area contributed by atoms with Crippen molar-refractivity contribution in [3.8, 4) is 6.07 Å². The fraction of sp³-hybridized carbons (Fsp3) is 0.258. The summed E-state index contributed by atoms with van der Waals surface area (Å²) in [4.78, 5) is 29.5. The third-order valence-corrected chi connectivity index (χ3v) is 6.80. The first-order chi connectivity index (χ1) is 18.3. The van der Waals surface area contributed by atoms with E-state index in [9.17, 15) is 14.9 Å².